The van der Waals surface area contributed by atoms with Gasteiger partial charge in [0.25, 0.3) is 0 Å². The summed E-state index contributed by atoms with van der Waals surface area (Å²) in [6.45, 7) is 8.14. The second-order valence-corrected chi connectivity index (χ2v) is 4.75. The first-order valence-electron chi connectivity index (χ1n) is 7.02. The van der Waals surface area contributed by atoms with Gasteiger partial charge in [-0.1, -0.05) is 11.6 Å². The highest BCUT2D eigenvalue weighted by Crippen LogP contribution is 2.24. The third-order valence-electron chi connectivity index (χ3n) is 2.97. The highest BCUT2D eigenvalue weighted by atomic mass is 35.5. The van der Waals surface area contributed by atoms with Crippen molar-refractivity contribution in [3.8, 4) is 0 Å². The highest BCUT2D eigenvalue weighted by molar-refractivity contribution is 6.30. The second kappa shape index (κ2) is 10.00. The first-order valence-corrected chi connectivity index (χ1v) is 7.40. The SMILES string of the molecule is CCOCCN(CCOCC)c1ccc(Cl)cc1CO. The minimum Gasteiger partial charge on any atom is -0.392 e. The van der Waals surface area contributed by atoms with Crippen molar-refractivity contribution in [3.63, 3.8) is 0 Å². The lowest BCUT2D eigenvalue weighted by Gasteiger charge is -2.26. The van der Waals surface area contributed by atoms with Crippen LogP contribution in [0.15, 0.2) is 18.2 Å². The van der Waals surface area contributed by atoms with Crippen LogP contribution in [-0.4, -0.2) is 44.6 Å². The molecule has 5 heteroatoms. The molecule has 0 amide bonds. The van der Waals surface area contributed by atoms with Crippen LogP contribution >= 0.6 is 11.6 Å². The van der Waals surface area contributed by atoms with Crippen molar-refractivity contribution >= 4 is 17.3 Å². The Balaban J connectivity index is 2.78. The lowest BCUT2D eigenvalue weighted by Crippen LogP contribution is -2.32. The fourth-order valence-corrected chi connectivity index (χ4v) is 2.17. The van der Waals surface area contributed by atoms with Gasteiger partial charge < -0.3 is 19.5 Å². The van der Waals surface area contributed by atoms with Gasteiger partial charge in [0.05, 0.1) is 19.8 Å². The Kier molecular flexibility index (Phi) is 8.62. The monoisotopic (exact) mass is 301 g/mol. The summed E-state index contributed by atoms with van der Waals surface area (Å²) in [4.78, 5) is 2.16. The summed E-state index contributed by atoms with van der Waals surface area (Å²) in [5, 5.41) is 10.1. The van der Waals surface area contributed by atoms with Crippen LogP contribution in [0.2, 0.25) is 5.02 Å². The van der Waals surface area contributed by atoms with Crippen molar-refractivity contribution in [2.24, 2.45) is 0 Å². The Hall–Kier alpha value is -0.810. The fraction of sp³-hybridized carbons (Fsp3) is 0.600. The average molecular weight is 302 g/mol. The first kappa shape index (κ1) is 17.2. The van der Waals surface area contributed by atoms with Crippen molar-refractivity contribution in [1.82, 2.24) is 0 Å². The lowest BCUT2D eigenvalue weighted by atomic mass is 10.1. The quantitative estimate of drug-likeness (QED) is 0.675. The van der Waals surface area contributed by atoms with Crippen LogP contribution in [0.25, 0.3) is 0 Å². The molecule has 1 aromatic carbocycles. The largest absolute Gasteiger partial charge is 0.392 e. The van der Waals surface area contributed by atoms with Crippen molar-refractivity contribution in [2.45, 2.75) is 20.5 Å². The third-order valence-corrected chi connectivity index (χ3v) is 3.21. The van der Waals surface area contributed by atoms with Crippen LogP contribution in [0.1, 0.15) is 19.4 Å². The van der Waals surface area contributed by atoms with E-state index in [0.717, 1.165) is 24.3 Å². The molecule has 1 N–H and O–H groups in total. The smallest absolute Gasteiger partial charge is 0.0702 e. The molecule has 0 aromatic heterocycles. The van der Waals surface area contributed by atoms with Gasteiger partial charge in [-0.05, 0) is 32.0 Å². The molecule has 0 aliphatic heterocycles. The molecule has 114 valence electrons. The molecular formula is C15H24ClNO3. The van der Waals surface area contributed by atoms with Crippen molar-refractivity contribution in [3.05, 3.63) is 28.8 Å². The van der Waals surface area contributed by atoms with Crippen LogP contribution in [0, 0.1) is 0 Å². The maximum absolute atomic E-state index is 9.49. The molecule has 1 aromatic rings. The number of aliphatic hydroxyl groups is 1. The standard InChI is InChI=1S/C15H24ClNO3/c1-3-19-9-7-17(8-10-20-4-2)15-6-5-14(16)11-13(15)12-18/h5-6,11,18H,3-4,7-10,12H2,1-2H3. The van der Waals surface area contributed by atoms with Gasteiger partial charge in [-0.3, -0.25) is 0 Å². The summed E-state index contributed by atoms with van der Waals surface area (Å²) in [7, 11) is 0. The Morgan fingerprint density at radius 2 is 1.70 bits per heavy atom. The van der Waals surface area contributed by atoms with Crippen LogP contribution in [0.5, 0.6) is 0 Å². The molecule has 0 saturated heterocycles. The van der Waals surface area contributed by atoms with E-state index in [-0.39, 0.29) is 6.61 Å². The summed E-state index contributed by atoms with van der Waals surface area (Å²) in [6, 6.07) is 5.57. The van der Waals surface area contributed by atoms with Crippen LogP contribution < -0.4 is 4.90 Å². The molecule has 0 radical (unpaired) electrons. The van der Waals surface area contributed by atoms with Crippen LogP contribution in [0.3, 0.4) is 0 Å². The average Bonchev–Trinajstić information content (AvgIpc) is 2.46. The number of nitrogens with zero attached hydrogens (tertiary/aromatic N) is 1. The lowest BCUT2D eigenvalue weighted by molar-refractivity contribution is 0.141. The van der Waals surface area contributed by atoms with E-state index in [2.05, 4.69) is 4.90 Å². The molecule has 1 rings (SSSR count). The Morgan fingerprint density at radius 1 is 1.10 bits per heavy atom. The number of benzene rings is 1. The minimum absolute atomic E-state index is 0.0321. The molecule has 0 heterocycles. The fourth-order valence-electron chi connectivity index (χ4n) is 1.98. The normalized spacial score (nSPS) is 10.8. The Morgan fingerprint density at radius 3 is 2.20 bits per heavy atom. The van der Waals surface area contributed by atoms with Crippen molar-refractivity contribution in [2.75, 3.05) is 44.4 Å². The van der Waals surface area contributed by atoms with E-state index < -0.39 is 0 Å². The zero-order valence-electron chi connectivity index (χ0n) is 12.3. The number of hydrogen-bond donors (Lipinski definition) is 1. The molecule has 0 spiro atoms. The number of anilines is 1. The number of halogens is 1. The molecule has 0 aliphatic carbocycles. The Bertz CT molecular complexity index is 377. The highest BCUT2D eigenvalue weighted by Gasteiger charge is 2.11. The van der Waals surface area contributed by atoms with E-state index in [1.165, 1.54) is 0 Å². The van der Waals surface area contributed by atoms with Crippen molar-refractivity contribution in [1.29, 1.82) is 0 Å². The summed E-state index contributed by atoms with van der Waals surface area (Å²) < 4.78 is 10.8. The van der Waals surface area contributed by atoms with Gasteiger partial charge in [-0.2, -0.15) is 0 Å². The van der Waals surface area contributed by atoms with Gasteiger partial charge in [-0.25, -0.2) is 0 Å². The van der Waals surface area contributed by atoms with Crippen LogP contribution in [-0.2, 0) is 16.1 Å². The van der Waals surface area contributed by atoms with E-state index in [1.807, 2.05) is 26.0 Å². The van der Waals surface area contributed by atoms with E-state index in [4.69, 9.17) is 21.1 Å². The van der Waals surface area contributed by atoms with Crippen LogP contribution in [0.4, 0.5) is 5.69 Å². The van der Waals surface area contributed by atoms with E-state index in [1.54, 1.807) is 6.07 Å². The molecule has 0 aliphatic rings. The molecule has 0 atom stereocenters. The second-order valence-electron chi connectivity index (χ2n) is 4.31. The zero-order valence-corrected chi connectivity index (χ0v) is 13.0. The predicted molar refractivity (Wildman–Crippen MR) is 82.6 cm³/mol. The van der Waals surface area contributed by atoms with Gasteiger partial charge in [0.1, 0.15) is 0 Å². The van der Waals surface area contributed by atoms with E-state index in [9.17, 15) is 5.11 Å². The number of aliphatic hydroxyl groups excluding tert-OH is 1. The van der Waals surface area contributed by atoms with Gasteiger partial charge in [0, 0.05) is 42.6 Å². The Labute approximate surface area is 126 Å². The maximum Gasteiger partial charge on any atom is 0.0702 e. The molecule has 0 unspecified atom stereocenters. The number of hydrogen-bond acceptors (Lipinski definition) is 4. The summed E-state index contributed by atoms with van der Waals surface area (Å²) in [5.74, 6) is 0. The van der Waals surface area contributed by atoms with Gasteiger partial charge in [-0.15, -0.1) is 0 Å². The zero-order chi connectivity index (χ0) is 14.8. The molecule has 0 saturated carbocycles. The van der Waals surface area contributed by atoms with Gasteiger partial charge in [0.2, 0.25) is 0 Å². The summed E-state index contributed by atoms with van der Waals surface area (Å²) in [6.07, 6.45) is 0. The molecule has 0 fully saturated rings. The summed E-state index contributed by atoms with van der Waals surface area (Å²) in [5.41, 5.74) is 1.81. The molecule has 4 nitrogen and oxygen atoms in total. The van der Waals surface area contributed by atoms with E-state index in [0.29, 0.717) is 31.5 Å². The first-order chi connectivity index (χ1) is 9.72. The topological polar surface area (TPSA) is 41.9 Å². The van der Waals surface area contributed by atoms with Gasteiger partial charge in [0.15, 0.2) is 0 Å². The summed E-state index contributed by atoms with van der Waals surface area (Å²) >= 11 is 5.97. The molecule has 20 heavy (non-hydrogen) atoms. The van der Waals surface area contributed by atoms with Crippen molar-refractivity contribution < 1.29 is 14.6 Å². The number of ether oxygens (including phenoxy) is 2. The molecule has 0 bridgehead atoms. The maximum atomic E-state index is 9.49. The minimum atomic E-state index is -0.0321. The van der Waals surface area contributed by atoms with Gasteiger partial charge >= 0.3 is 0 Å². The third kappa shape index (κ3) is 5.67. The number of rotatable bonds is 10. The predicted octanol–water partition coefficient (Wildman–Crippen LogP) is 2.71. The van der Waals surface area contributed by atoms with E-state index >= 15 is 0 Å². The molecular weight excluding hydrogens is 278 g/mol.